The highest BCUT2D eigenvalue weighted by molar-refractivity contribution is 7.89. The first-order valence-electron chi connectivity index (χ1n) is 15.7. The number of fused-ring (bicyclic) bond motifs is 1. The molecule has 4 fully saturated rings. The number of carbonyl (C=O) groups is 1. The van der Waals surface area contributed by atoms with Gasteiger partial charge in [-0.3, -0.25) is 0 Å². The highest BCUT2D eigenvalue weighted by Gasteiger charge is 2.71. The minimum atomic E-state index is -3.94. The number of nitrogens with one attached hydrogen (secondary N) is 1. The van der Waals surface area contributed by atoms with E-state index in [-0.39, 0.29) is 48.3 Å². The van der Waals surface area contributed by atoms with Gasteiger partial charge in [0.25, 0.3) is 0 Å². The van der Waals surface area contributed by atoms with Crippen molar-refractivity contribution in [3.05, 3.63) is 60.2 Å². The van der Waals surface area contributed by atoms with E-state index in [4.69, 9.17) is 18.9 Å². The lowest BCUT2D eigenvalue weighted by molar-refractivity contribution is -0.185. The molecule has 0 spiro atoms. The number of aliphatic hydroxyl groups is 1. The molecule has 0 bridgehead atoms. The van der Waals surface area contributed by atoms with Crippen LogP contribution in [0.3, 0.4) is 0 Å². The second kappa shape index (κ2) is 12.6. The number of alkyl carbamates (subject to hydrolysis) is 1. The average molecular weight is 629 g/mol. The molecular formula is C33H44N2O8S. The summed E-state index contributed by atoms with van der Waals surface area (Å²) in [6.07, 6.45) is -1.11. The number of nitrogens with zero attached hydrogens (tertiary/aromatic N) is 1. The van der Waals surface area contributed by atoms with E-state index in [0.717, 1.165) is 12.0 Å². The van der Waals surface area contributed by atoms with Crippen LogP contribution in [0.25, 0.3) is 0 Å². The van der Waals surface area contributed by atoms with Crippen molar-refractivity contribution in [3.8, 4) is 5.75 Å². The third-order valence-corrected chi connectivity index (χ3v) is 11.7. The molecule has 6 rings (SSSR count). The SMILES string of the molecule is COc1ccc(S(=O)(=O)N(CC(C)C)C[C@@H](O)[C@H](Cc2ccccc2)NC(=O)O[C@H]2CC3CO[C@H]4O[C@H](C)C5C(C52)[C@@H]34)cc1. The Morgan fingerprint density at radius 3 is 2.45 bits per heavy atom. The maximum Gasteiger partial charge on any atom is 0.407 e. The van der Waals surface area contributed by atoms with Gasteiger partial charge in [0.2, 0.25) is 10.0 Å². The van der Waals surface area contributed by atoms with Crippen molar-refractivity contribution in [3.63, 3.8) is 0 Å². The van der Waals surface area contributed by atoms with Crippen LogP contribution in [-0.4, -0.2) is 81.4 Å². The molecular weight excluding hydrogens is 584 g/mol. The van der Waals surface area contributed by atoms with Gasteiger partial charge in [-0.25, -0.2) is 13.2 Å². The number of aliphatic hydroxyl groups excluding tert-OH is 1. The Bertz CT molecular complexity index is 1400. The summed E-state index contributed by atoms with van der Waals surface area (Å²) in [6.45, 7) is 6.54. The summed E-state index contributed by atoms with van der Waals surface area (Å²) in [5.41, 5.74) is 0.902. The topological polar surface area (TPSA) is 124 Å². The van der Waals surface area contributed by atoms with Gasteiger partial charge < -0.3 is 29.4 Å². The molecule has 2 aliphatic carbocycles. The first-order valence-corrected chi connectivity index (χ1v) is 17.1. The average Bonchev–Trinajstić information content (AvgIpc) is 3.64. The van der Waals surface area contributed by atoms with Gasteiger partial charge >= 0.3 is 6.09 Å². The van der Waals surface area contributed by atoms with E-state index < -0.39 is 28.3 Å². The van der Waals surface area contributed by atoms with E-state index in [1.807, 2.05) is 44.2 Å². The van der Waals surface area contributed by atoms with Crippen molar-refractivity contribution in [2.75, 3.05) is 26.8 Å². The van der Waals surface area contributed by atoms with Gasteiger partial charge in [0, 0.05) is 24.9 Å². The lowest BCUT2D eigenvalue weighted by Gasteiger charge is -2.34. The molecule has 44 heavy (non-hydrogen) atoms. The Balaban J connectivity index is 1.18. The molecule has 2 aromatic rings. The zero-order valence-electron chi connectivity index (χ0n) is 25.7. The molecule has 2 saturated carbocycles. The smallest absolute Gasteiger partial charge is 0.407 e. The zero-order valence-corrected chi connectivity index (χ0v) is 26.6. The lowest BCUT2D eigenvalue weighted by atomic mass is 9.79. The quantitative estimate of drug-likeness (QED) is 0.365. The fraction of sp³-hybridized carbons (Fsp3) is 0.606. The van der Waals surface area contributed by atoms with E-state index in [1.165, 1.54) is 23.5 Å². The third-order valence-electron chi connectivity index (χ3n) is 9.81. The molecule has 4 unspecified atom stereocenters. The molecule has 240 valence electrons. The van der Waals surface area contributed by atoms with E-state index in [9.17, 15) is 18.3 Å². The van der Waals surface area contributed by atoms with Gasteiger partial charge in [-0.1, -0.05) is 44.2 Å². The predicted molar refractivity (Wildman–Crippen MR) is 162 cm³/mol. The van der Waals surface area contributed by atoms with Crippen molar-refractivity contribution < 1.29 is 37.3 Å². The number of benzene rings is 2. The van der Waals surface area contributed by atoms with Crippen molar-refractivity contribution in [1.82, 2.24) is 9.62 Å². The number of carbonyl (C=O) groups excluding carboxylic acids is 1. The molecule has 2 N–H and O–H groups in total. The van der Waals surface area contributed by atoms with Crippen LogP contribution < -0.4 is 10.1 Å². The molecule has 4 aliphatic rings. The highest BCUT2D eigenvalue weighted by atomic mass is 32.2. The van der Waals surface area contributed by atoms with Gasteiger partial charge in [-0.15, -0.1) is 0 Å². The lowest BCUT2D eigenvalue weighted by Crippen LogP contribution is -2.51. The molecule has 0 aromatic heterocycles. The van der Waals surface area contributed by atoms with Gasteiger partial charge in [-0.2, -0.15) is 4.31 Å². The number of sulfonamides is 1. The summed E-state index contributed by atoms with van der Waals surface area (Å²) in [6, 6.07) is 14.9. The van der Waals surface area contributed by atoms with E-state index in [0.29, 0.717) is 42.4 Å². The minimum absolute atomic E-state index is 0.00320. The van der Waals surface area contributed by atoms with Crippen LogP contribution in [0, 0.1) is 35.5 Å². The number of hydrogen-bond acceptors (Lipinski definition) is 8. The van der Waals surface area contributed by atoms with Crippen molar-refractivity contribution in [2.24, 2.45) is 35.5 Å². The van der Waals surface area contributed by atoms with Gasteiger partial charge in [0.1, 0.15) is 11.9 Å². The van der Waals surface area contributed by atoms with Crippen LogP contribution in [0.1, 0.15) is 32.8 Å². The second-order valence-corrected chi connectivity index (χ2v) is 15.1. The van der Waals surface area contributed by atoms with E-state index >= 15 is 0 Å². The Kier molecular flexibility index (Phi) is 8.96. The normalized spacial score (nSPS) is 31.7. The minimum Gasteiger partial charge on any atom is -0.497 e. The zero-order chi connectivity index (χ0) is 31.2. The van der Waals surface area contributed by atoms with Gasteiger partial charge in [0.05, 0.1) is 36.9 Å². The molecule has 2 saturated heterocycles. The number of hydrogen-bond donors (Lipinski definition) is 2. The summed E-state index contributed by atoms with van der Waals surface area (Å²) in [5, 5.41) is 14.5. The standard InChI is InChI=1S/C33H44N2O8S/c1-19(2)16-35(44(38,39)24-12-10-23(40-4)11-13-24)17-26(36)25(14-21-8-6-5-7-9-21)34-33(37)43-27-15-22-18-41-32-29(22)31-28(30(27)31)20(3)42-32/h5-13,19-20,22,25-32,36H,14-18H2,1-4H3,(H,34,37)/t20-,22?,25+,26-,27+,28?,29-,30?,31?,32+/m1/s1. The van der Waals surface area contributed by atoms with Crippen LogP contribution >= 0.6 is 0 Å². The van der Waals surface area contributed by atoms with Crippen molar-refractivity contribution >= 4 is 16.1 Å². The number of rotatable bonds is 12. The maximum absolute atomic E-state index is 13.7. The molecule has 11 heteroatoms. The van der Waals surface area contributed by atoms with Crippen LogP contribution in [-0.2, 0) is 30.7 Å². The van der Waals surface area contributed by atoms with Gasteiger partial charge in [0.15, 0.2) is 6.29 Å². The molecule has 10 atom stereocenters. The maximum atomic E-state index is 13.7. The largest absolute Gasteiger partial charge is 0.497 e. The number of amides is 1. The van der Waals surface area contributed by atoms with E-state index in [2.05, 4.69) is 12.2 Å². The Morgan fingerprint density at radius 1 is 1.05 bits per heavy atom. The molecule has 10 nitrogen and oxygen atoms in total. The fourth-order valence-electron chi connectivity index (χ4n) is 7.80. The van der Waals surface area contributed by atoms with Gasteiger partial charge in [-0.05, 0) is 73.3 Å². The first-order chi connectivity index (χ1) is 21.1. The third kappa shape index (κ3) is 6.22. The Morgan fingerprint density at radius 2 is 1.77 bits per heavy atom. The molecule has 2 aromatic carbocycles. The van der Waals surface area contributed by atoms with Crippen LogP contribution in [0.2, 0.25) is 0 Å². The number of methoxy groups -OCH3 is 1. The van der Waals surface area contributed by atoms with Crippen LogP contribution in [0.5, 0.6) is 5.75 Å². The summed E-state index contributed by atoms with van der Waals surface area (Å²) in [4.78, 5) is 13.6. The summed E-state index contributed by atoms with van der Waals surface area (Å²) >= 11 is 0. The second-order valence-electron chi connectivity index (χ2n) is 13.2. The molecule has 1 amide bonds. The molecule has 2 heterocycles. The van der Waals surface area contributed by atoms with Crippen LogP contribution in [0.4, 0.5) is 4.79 Å². The Hall–Kier alpha value is -2.70. The first kappa shape index (κ1) is 31.3. The van der Waals surface area contributed by atoms with Crippen molar-refractivity contribution in [1.29, 1.82) is 0 Å². The highest BCUT2D eigenvalue weighted by Crippen LogP contribution is 2.67. The monoisotopic (exact) mass is 628 g/mol. The number of ether oxygens (including phenoxy) is 4. The predicted octanol–water partition coefficient (Wildman–Crippen LogP) is 3.68. The molecule has 2 aliphatic heterocycles. The summed E-state index contributed by atoms with van der Waals surface area (Å²) < 4.78 is 52.1. The Labute approximate surface area is 260 Å². The fourth-order valence-corrected chi connectivity index (χ4v) is 9.42. The summed E-state index contributed by atoms with van der Waals surface area (Å²) in [5.74, 6) is 2.28. The summed E-state index contributed by atoms with van der Waals surface area (Å²) in [7, 11) is -2.42. The molecule has 0 radical (unpaired) electrons. The van der Waals surface area contributed by atoms with Crippen molar-refractivity contribution in [2.45, 2.75) is 69.2 Å². The van der Waals surface area contributed by atoms with E-state index in [1.54, 1.807) is 12.1 Å². The van der Waals surface area contributed by atoms with Crippen LogP contribution in [0.15, 0.2) is 59.5 Å².